The largest absolute Gasteiger partial charge is 0.433 e. The van der Waals surface area contributed by atoms with Gasteiger partial charge in [0.1, 0.15) is 11.5 Å². The van der Waals surface area contributed by atoms with Crippen LogP contribution in [0.5, 0.6) is 0 Å². The average molecular weight is 502 g/mol. The Morgan fingerprint density at radius 1 is 1.14 bits per heavy atom. The molecule has 12 heteroatoms. The Kier molecular flexibility index (Phi) is 7.65. The highest BCUT2D eigenvalue weighted by molar-refractivity contribution is 6.06. The number of nitrogens with one attached hydrogen (secondary N) is 2. The van der Waals surface area contributed by atoms with Gasteiger partial charge >= 0.3 is 6.18 Å². The van der Waals surface area contributed by atoms with Crippen LogP contribution in [0.3, 0.4) is 0 Å². The van der Waals surface area contributed by atoms with Gasteiger partial charge in [-0.25, -0.2) is 9.97 Å². The first-order valence-corrected chi connectivity index (χ1v) is 11.3. The van der Waals surface area contributed by atoms with E-state index >= 15 is 0 Å². The molecule has 0 saturated carbocycles. The number of aliphatic hydroxyl groups is 1. The molecule has 3 aromatic heterocycles. The standard InChI is InChI=1S/C24H25F3N6O3/c1-15-18(16-2-5-29-21(13-16)30-6-9-34)14-19(22(31-15)33-7-10-36-11-8-33)32-23(35)17-3-4-28-20(12-17)24(25,26)27/h2-5,12-14,34H,6-11H2,1H3,(H,29,30)(H,32,35). The molecule has 4 rings (SSSR count). The van der Waals surface area contributed by atoms with Gasteiger partial charge < -0.3 is 25.4 Å². The quantitative estimate of drug-likeness (QED) is 0.451. The van der Waals surface area contributed by atoms with Crippen molar-refractivity contribution >= 4 is 23.2 Å². The zero-order valence-corrected chi connectivity index (χ0v) is 19.5. The third-order valence-corrected chi connectivity index (χ3v) is 5.55. The van der Waals surface area contributed by atoms with Gasteiger partial charge in [0.25, 0.3) is 5.91 Å². The Hall–Kier alpha value is -3.77. The zero-order valence-electron chi connectivity index (χ0n) is 19.5. The van der Waals surface area contributed by atoms with Gasteiger partial charge in [-0.2, -0.15) is 13.2 Å². The number of carbonyl (C=O) groups is 1. The molecule has 0 radical (unpaired) electrons. The number of aryl methyl sites for hydroxylation is 1. The number of carbonyl (C=O) groups excluding carboxylic acids is 1. The minimum Gasteiger partial charge on any atom is -0.395 e. The molecule has 4 heterocycles. The van der Waals surface area contributed by atoms with Gasteiger partial charge in [0.15, 0.2) is 5.82 Å². The van der Waals surface area contributed by atoms with Gasteiger partial charge in [-0.15, -0.1) is 0 Å². The normalized spacial score (nSPS) is 14.0. The number of ether oxygens (including phenoxy) is 1. The number of rotatable bonds is 7. The number of amides is 1. The van der Waals surface area contributed by atoms with Gasteiger partial charge in [0.05, 0.1) is 25.5 Å². The van der Waals surface area contributed by atoms with E-state index in [1.54, 1.807) is 24.4 Å². The fourth-order valence-electron chi connectivity index (χ4n) is 3.79. The highest BCUT2D eigenvalue weighted by Crippen LogP contribution is 2.34. The van der Waals surface area contributed by atoms with Crippen molar-refractivity contribution in [3.8, 4) is 11.1 Å². The number of nitrogens with zero attached hydrogens (tertiary/aromatic N) is 4. The van der Waals surface area contributed by atoms with Crippen LogP contribution in [0.25, 0.3) is 11.1 Å². The second kappa shape index (κ2) is 10.9. The molecule has 1 aliphatic heterocycles. The molecule has 1 amide bonds. The summed E-state index contributed by atoms with van der Waals surface area (Å²) >= 11 is 0. The molecule has 0 aliphatic carbocycles. The van der Waals surface area contributed by atoms with E-state index in [9.17, 15) is 18.0 Å². The van der Waals surface area contributed by atoms with E-state index in [4.69, 9.17) is 14.8 Å². The van der Waals surface area contributed by atoms with Crippen molar-refractivity contribution in [1.29, 1.82) is 0 Å². The second-order valence-corrected chi connectivity index (χ2v) is 8.05. The van der Waals surface area contributed by atoms with Crippen molar-refractivity contribution in [1.82, 2.24) is 15.0 Å². The van der Waals surface area contributed by atoms with E-state index in [0.29, 0.717) is 67.5 Å². The third-order valence-electron chi connectivity index (χ3n) is 5.55. The van der Waals surface area contributed by atoms with E-state index in [-0.39, 0.29) is 12.2 Å². The number of morpholine rings is 1. The number of halogens is 3. The molecule has 1 fully saturated rings. The second-order valence-electron chi connectivity index (χ2n) is 8.05. The minimum atomic E-state index is -4.67. The van der Waals surface area contributed by atoms with E-state index in [1.165, 1.54) is 6.07 Å². The zero-order chi connectivity index (χ0) is 25.7. The smallest absolute Gasteiger partial charge is 0.395 e. The number of aliphatic hydroxyl groups excluding tert-OH is 1. The van der Waals surface area contributed by atoms with Crippen LogP contribution in [-0.2, 0) is 10.9 Å². The molecule has 0 bridgehead atoms. The van der Waals surface area contributed by atoms with Crippen molar-refractivity contribution in [2.24, 2.45) is 0 Å². The molecule has 1 aliphatic rings. The van der Waals surface area contributed by atoms with Crippen LogP contribution in [0, 0.1) is 6.92 Å². The molecule has 0 spiro atoms. The lowest BCUT2D eigenvalue weighted by molar-refractivity contribution is -0.141. The highest BCUT2D eigenvalue weighted by atomic mass is 19.4. The maximum atomic E-state index is 13.1. The molecule has 1 saturated heterocycles. The summed E-state index contributed by atoms with van der Waals surface area (Å²) in [6.07, 6.45) is -2.10. The molecule has 0 unspecified atom stereocenters. The Balaban J connectivity index is 1.72. The lowest BCUT2D eigenvalue weighted by Gasteiger charge is -2.30. The number of aromatic nitrogens is 3. The van der Waals surface area contributed by atoms with Gasteiger partial charge in [-0.05, 0) is 42.8 Å². The average Bonchev–Trinajstić information content (AvgIpc) is 2.88. The number of hydrogen-bond acceptors (Lipinski definition) is 8. The Labute approximate surface area is 205 Å². The molecule has 36 heavy (non-hydrogen) atoms. The van der Waals surface area contributed by atoms with E-state index < -0.39 is 17.8 Å². The summed E-state index contributed by atoms with van der Waals surface area (Å²) in [6.45, 7) is 4.18. The van der Waals surface area contributed by atoms with E-state index in [0.717, 1.165) is 11.8 Å². The number of anilines is 3. The highest BCUT2D eigenvalue weighted by Gasteiger charge is 2.33. The van der Waals surface area contributed by atoms with Crippen LogP contribution in [0.4, 0.5) is 30.5 Å². The topological polar surface area (TPSA) is 112 Å². The number of alkyl halides is 3. The Morgan fingerprint density at radius 3 is 2.61 bits per heavy atom. The summed E-state index contributed by atoms with van der Waals surface area (Å²) in [7, 11) is 0. The van der Waals surface area contributed by atoms with Crippen LogP contribution in [0.15, 0.2) is 42.7 Å². The molecule has 0 aromatic carbocycles. The fourth-order valence-corrected chi connectivity index (χ4v) is 3.79. The van der Waals surface area contributed by atoms with Crippen molar-refractivity contribution in [2.45, 2.75) is 13.1 Å². The molecule has 0 atom stereocenters. The molecule has 9 nitrogen and oxygen atoms in total. The predicted octanol–water partition coefficient (Wildman–Crippen LogP) is 3.36. The molecule has 3 N–H and O–H groups in total. The Morgan fingerprint density at radius 2 is 1.89 bits per heavy atom. The predicted molar refractivity (Wildman–Crippen MR) is 128 cm³/mol. The van der Waals surface area contributed by atoms with Gasteiger partial charge in [-0.1, -0.05) is 0 Å². The number of pyridine rings is 3. The molecule has 190 valence electrons. The summed E-state index contributed by atoms with van der Waals surface area (Å²) in [5, 5.41) is 14.8. The summed E-state index contributed by atoms with van der Waals surface area (Å²) in [5.74, 6) is 0.347. The lowest BCUT2D eigenvalue weighted by Crippen LogP contribution is -2.37. The summed E-state index contributed by atoms with van der Waals surface area (Å²) in [6, 6.07) is 7.27. The van der Waals surface area contributed by atoms with Crippen LogP contribution >= 0.6 is 0 Å². The maximum absolute atomic E-state index is 13.1. The van der Waals surface area contributed by atoms with Crippen molar-refractivity contribution in [3.63, 3.8) is 0 Å². The van der Waals surface area contributed by atoms with E-state index in [2.05, 4.69) is 20.6 Å². The van der Waals surface area contributed by atoms with Crippen LogP contribution in [-0.4, -0.2) is 65.4 Å². The Bertz CT molecular complexity index is 1230. The molecule has 3 aromatic rings. The van der Waals surface area contributed by atoms with Crippen LogP contribution < -0.4 is 15.5 Å². The summed E-state index contributed by atoms with van der Waals surface area (Å²) in [5.41, 5.74) is 1.20. The fraction of sp³-hybridized carbons (Fsp3) is 0.333. The van der Waals surface area contributed by atoms with Crippen molar-refractivity contribution in [3.05, 3.63) is 59.7 Å². The van der Waals surface area contributed by atoms with Gasteiger partial charge in [-0.3, -0.25) is 9.78 Å². The maximum Gasteiger partial charge on any atom is 0.433 e. The summed E-state index contributed by atoms with van der Waals surface area (Å²) in [4.78, 5) is 27.3. The SMILES string of the molecule is Cc1nc(N2CCOCC2)c(NC(=O)c2ccnc(C(F)(F)F)c2)cc1-c1ccnc(NCCO)c1. The van der Waals surface area contributed by atoms with Crippen LogP contribution in [0.2, 0.25) is 0 Å². The summed E-state index contributed by atoms with van der Waals surface area (Å²) < 4.78 is 44.8. The first-order chi connectivity index (χ1) is 17.3. The first kappa shape index (κ1) is 25.3. The van der Waals surface area contributed by atoms with Gasteiger partial charge in [0.2, 0.25) is 0 Å². The van der Waals surface area contributed by atoms with Crippen LogP contribution in [0.1, 0.15) is 21.7 Å². The van der Waals surface area contributed by atoms with Crippen molar-refractivity contribution < 1.29 is 27.8 Å². The molecular weight excluding hydrogens is 477 g/mol. The number of hydrogen-bond donors (Lipinski definition) is 3. The van der Waals surface area contributed by atoms with Crippen molar-refractivity contribution in [2.75, 3.05) is 55.0 Å². The molecular formula is C24H25F3N6O3. The minimum absolute atomic E-state index is 0.0536. The monoisotopic (exact) mass is 502 g/mol. The lowest BCUT2D eigenvalue weighted by atomic mass is 10.0. The van der Waals surface area contributed by atoms with Gasteiger partial charge in [0, 0.05) is 48.8 Å². The third kappa shape index (κ3) is 5.89. The van der Waals surface area contributed by atoms with E-state index in [1.807, 2.05) is 11.8 Å². The first-order valence-electron chi connectivity index (χ1n) is 11.3.